The van der Waals surface area contributed by atoms with Gasteiger partial charge in [-0.05, 0) is 47.9 Å². The summed E-state index contributed by atoms with van der Waals surface area (Å²) in [7, 11) is 0. The Morgan fingerprint density at radius 2 is 1.38 bits per heavy atom. The maximum Gasteiger partial charge on any atom is 0.123 e. The highest BCUT2D eigenvalue weighted by atomic mass is 16.3. The summed E-state index contributed by atoms with van der Waals surface area (Å²) in [5, 5.41) is 21.1. The summed E-state index contributed by atoms with van der Waals surface area (Å²) in [5.41, 5.74) is 4.07. The van der Waals surface area contributed by atoms with Crippen molar-refractivity contribution in [1.82, 2.24) is 0 Å². The molecule has 0 saturated carbocycles. The Morgan fingerprint density at radius 1 is 0.769 bits per heavy atom. The van der Waals surface area contributed by atoms with Gasteiger partial charge in [-0.1, -0.05) is 77.6 Å². The zero-order valence-corrected chi connectivity index (χ0v) is 16.8. The SMILES string of the molecule is CCCCC(C)c1ccc(O)c(-c2ccccc2O)c1C(C)CCCC. The Labute approximate surface area is 158 Å². The first kappa shape index (κ1) is 20.4. The molecule has 26 heavy (non-hydrogen) atoms. The summed E-state index contributed by atoms with van der Waals surface area (Å²) in [4.78, 5) is 0. The maximum absolute atomic E-state index is 10.7. The van der Waals surface area contributed by atoms with Gasteiger partial charge >= 0.3 is 0 Å². The zero-order chi connectivity index (χ0) is 19.1. The van der Waals surface area contributed by atoms with E-state index in [2.05, 4.69) is 33.8 Å². The number of unbranched alkanes of at least 4 members (excludes halogenated alkanes) is 2. The van der Waals surface area contributed by atoms with E-state index < -0.39 is 0 Å². The Morgan fingerprint density at radius 3 is 2.00 bits per heavy atom. The standard InChI is InChI=1S/C24H34O2/c1-5-7-11-17(3)19-15-16-22(26)24(20-13-9-10-14-21(20)25)23(19)18(4)12-8-6-2/h9-10,13-18,25-26H,5-8,11-12H2,1-4H3. The molecule has 0 aliphatic rings. The monoisotopic (exact) mass is 354 g/mol. The van der Waals surface area contributed by atoms with Crippen LogP contribution in [0.2, 0.25) is 0 Å². The van der Waals surface area contributed by atoms with Crippen molar-refractivity contribution in [2.24, 2.45) is 0 Å². The fourth-order valence-corrected chi connectivity index (χ4v) is 3.87. The van der Waals surface area contributed by atoms with E-state index in [9.17, 15) is 10.2 Å². The second-order valence-corrected chi connectivity index (χ2v) is 7.57. The van der Waals surface area contributed by atoms with Gasteiger partial charge < -0.3 is 10.2 Å². The van der Waals surface area contributed by atoms with Gasteiger partial charge in [0, 0.05) is 11.1 Å². The van der Waals surface area contributed by atoms with Crippen molar-refractivity contribution in [2.75, 3.05) is 0 Å². The summed E-state index contributed by atoms with van der Waals surface area (Å²) < 4.78 is 0. The summed E-state index contributed by atoms with van der Waals surface area (Å²) in [6.45, 7) is 8.97. The largest absolute Gasteiger partial charge is 0.507 e. The second-order valence-electron chi connectivity index (χ2n) is 7.57. The lowest BCUT2D eigenvalue weighted by molar-refractivity contribution is 0.467. The number of benzene rings is 2. The molecular weight excluding hydrogens is 320 g/mol. The molecule has 0 spiro atoms. The van der Waals surface area contributed by atoms with Gasteiger partial charge in [-0.3, -0.25) is 0 Å². The maximum atomic E-state index is 10.7. The highest BCUT2D eigenvalue weighted by Gasteiger charge is 2.23. The number of hydrogen-bond donors (Lipinski definition) is 2. The molecule has 0 radical (unpaired) electrons. The molecule has 2 nitrogen and oxygen atoms in total. The fraction of sp³-hybridized carbons (Fsp3) is 0.500. The molecular formula is C24H34O2. The van der Waals surface area contributed by atoms with Gasteiger partial charge in [0.05, 0.1) is 0 Å². The molecule has 2 aromatic rings. The minimum Gasteiger partial charge on any atom is -0.507 e. The molecule has 2 unspecified atom stereocenters. The van der Waals surface area contributed by atoms with Crippen LogP contribution in [0.4, 0.5) is 0 Å². The number of hydrogen-bond acceptors (Lipinski definition) is 2. The van der Waals surface area contributed by atoms with Gasteiger partial charge in [-0.15, -0.1) is 0 Å². The molecule has 0 aliphatic heterocycles. The van der Waals surface area contributed by atoms with E-state index in [1.54, 1.807) is 12.1 Å². The molecule has 2 heteroatoms. The van der Waals surface area contributed by atoms with Crippen LogP contribution in [0, 0.1) is 0 Å². The fourth-order valence-electron chi connectivity index (χ4n) is 3.87. The molecule has 0 heterocycles. The number of phenolic OH excluding ortho intramolecular Hbond substituents is 2. The van der Waals surface area contributed by atoms with Crippen LogP contribution in [0.5, 0.6) is 11.5 Å². The van der Waals surface area contributed by atoms with Gasteiger partial charge in [0.15, 0.2) is 0 Å². The van der Waals surface area contributed by atoms with Crippen LogP contribution in [-0.4, -0.2) is 10.2 Å². The van der Waals surface area contributed by atoms with Gasteiger partial charge in [0.1, 0.15) is 11.5 Å². The van der Waals surface area contributed by atoms with Gasteiger partial charge in [-0.25, -0.2) is 0 Å². The van der Waals surface area contributed by atoms with E-state index in [-0.39, 0.29) is 11.5 Å². The van der Waals surface area contributed by atoms with Crippen molar-refractivity contribution < 1.29 is 10.2 Å². The van der Waals surface area contributed by atoms with E-state index in [0.717, 1.165) is 30.4 Å². The van der Waals surface area contributed by atoms with Crippen LogP contribution in [0.25, 0.3) is 11.1 Å². The molecule has 2 atom stereocenters. The molecule has 2 rings (SSSR count). The van der Waals surface area contributed by atoms with Crippen molar-refractivity contribution in [1.29, 1.82) is 0 Å². The number of rotatable bonds is 9. The molecule has 0 amide bonds. The summed E-state index contributed by atoms with van der Waals surface area (Å²) >= 11 is 0. The normalized spacial score (nSPS) is 13.5. The third kappa shape index (κ3) is 4.60. The van der Waals surface area contributed by atoms with Crippen molar-refractivity contribution in [3.63, 3.8) is 0 Å². The van der Waals surface area contributed by atoms with Crippen LogP contribution in [-0.2, 0) is 0 Å². The summed E-state index contributed by atoms with van der Waals surface area (Å²) in [6, 6.07) is 11.2. The third-order valence-electron chi connectivity index (χ3n) is 5.44. The molecule has 0 bridgehead atoms. The van der Waals surface area contributed by atoms with Crippen LogP contribution in [0.1, 0.15) is 89.2 Å². The molecule has 2 N–H and O–H groups in total. The van der Waals surface area contributed by atoms with Crippen LogP contribution in [0.3, 0.4) is 0 Å². The molecule has 0 aromatic heterocycles. The summed E-state index contributed by atoms with van der Waals surface area (Å²) in [6.07, 6.45) is 6.96. The minimum absolute atomic E-state index is 0.227. The first-order chi connectivity index (χ1) is 12.5. The van der Waals surface area contributed by atoms with Crippen molar-refractivity contribution in [3.8, 4) is 22.6 Å². The van der Waals surface area contributed by atoms with E-state index in [0.29, 0.717) is 11.8 Å². The first-order valence-electron chi connectivity index (χ1n) is 10.1. The van der Waals surface area contributed by atoms with Crippen LogP contribution >= 0.6 is 0 Å². The highest BCUT2D eigenvalue weighted by Crippen LogP contribution is 2.45. The Hall–Kier alpha value is -1.96. The first-order valence-corrected chi connectivity index (χ1v) is 10.1. The molecule has 0 aliphatic carbocycles. The smallest absolute Gasteiger partial charge is 0.123 e. The van der Waals surface area contributed by atoms with E-state index >= 15 is 0 Å². The number of phenols is 2. The van der Waals surface area contributed by atoms with E-state index in [4.69, 9.17) is 0 Å². The van der Waals surface area contributed by atoms with E-state index in [1.165, 1.54) is 30.4 Å². The molecule has 0 saturated heterocycles. The average molecular weight is 355 g/mol. The van der Waals surface area contributed by atoms with Crippen LogP contribution < -0.4 is 0 Å². The van der Waals surface area contributed by atoms with E-state index in [1.807, 2.05) is 18.2 Å². The third-order valence-corrected chi connectivity index (χ3v) is 5.44. The number of aromatic hydroxyl groups is 2. The lowest BCUT2D eigenvalue weighted by Crippen LogP contribution is -2.06. The Bertz CT molecular complexity index is 705. The zero-order valence-electron chi connectivity index (χ0n) is 16.8. The molecule has 2 aromatic carbocycles. The second kappa shape index (κ2) is 9.66. The van der Waals surface area contributed by atoms with Crippen molar-refractivity contribution in [2.45, 2.75) is 78.1 Å². The Balaban J connectivity index is 2.63. The minimum atomic E-state index is 0.227. The van der Waals surface area contributed by atoms with Gasteiger partial charge in [0.25, 0.3) is 0 Å². The summed E-state index contributed by atoms with van der Waals surface area (Å²) in [5.74, 6) is 1.27. The number of para-hydroxylation sites is 1. The van der Waals surface area contributed by atoms with Crippen LogP contribution in [0.15, 0.2) is 36.4 Å². The highest BCUT2D eigenvalue weighted by molar-refractivity contribution is 5.80. The van der Waals surface area contributed by atoms with Crippen molar-refractivity contribution in [3.05, 3.63) is 47.5 Å². The quantitative estimate of drug-likeness (QED) is 0.494. The average Bonchev–Trinajstić information content (AvgIpc) is 2.64. The lowest BCUT2D eigenvalue weighted by Gasteiger charge is -2.25. The molecule has 142 valence electrons. The lowest BCUT2D eigenvalue weighted by atomic mass is 9.80. The van der Waals surface area contributed by atoms with Gasteiger partial charge in [0.2, 0.25) is 0 Å². The molecule has 0 fully saturated rings. The topological polar surface area (TPSA) is 40.5 Å². The predicted octanol–water partition coefficient (Wildman–Crippen LogP) is 7.35. The Kier molecular flexibility index (Phi) is 7.56. The van der Waals surface area contributed by atoms with Gasteiger partial charge in [-0.2, -0.15) is 0 Å². The van der Waals surface area contributed by atoms with Crippen molar-refractivity contribution >= 4 is 0 Å². The predicted molar refractivity (Wildman–Crippen MR) is 111 cm³/mol.